The summed E-state index contributed by atoms with van der Waals surface area (Å²) in [7, 11) is 1.64. The number of carbonyl (C=O) groups is 2. The lowest BCUT2D eigenvalue weighted by Crippen LogP contribution is -2.61. The zero-order chi connectivity index (χ0) is 28.4. The molecule has 0 spiro atoms. The van der Waals surface area contributed by atoms with Crippen LogP contribution in [0.4, 0.5) is 0 Å². The third kappa shape index (κ3) is 4.01. The first-order valence-electron chi connectivity index (χ1n) is 14.6. The standard InChI is InChI=1S/C32H40N2O5S/c1-30-16-20-18-33-34(22-7-4-6-19(14-22)26(35)8-5-13-39-3)25(20)15-21(30)9-10-23-24-11-12-32(38,29(37)40)31(24,2)17-27(36)28(23)30/h4,6-7,14-15,18,23-24,27-28,36,38H,5,8-13,16-17H2,1-3H3,(H,37,40)/t23-,24-,27-,28+,30-,31-,32-/m0/s1. The van der Waals surface area contributed by atoms with Crippen molar-refractivity contribution in [2.75, 3.05) is 13.7 Å². The Bertz CT molecular complexity index is 1390. The lowest BCUT2D eigenvalue weighted by Gasteiger charge is -2.60. The fourth-order valence-electron chi connectivity index (χ4n) is 9.08. The summed E-state index contributed by atoms with van der Waals surface area (Å²) >= 11 is 4.08. The Hall–Kier alpha value is -2.26. The van der Waals surface area contributed by atoms with Gasteiger partial charge in [-0.2, -0.15) is 5.10 Å². The summed E-state index contributed by atoms with van der Waals surface area (Å²) in [6.07, 6.45) is 8.93. The highest BCUT2D eigenvalue weighted by molar-refractivity contribution is 7.96. The van der Waals surface area contributed by atoms with Gasteiger partial charge in [0.1, 0.15) is 5.60 Å². The number of aliphatic hydroxyl groups excluding tert-OH is 1. The molecule has 3 fully saturated rings. The Morgan fingerprint density at radius 3 is 2.80 bits per heavy atom. The van der Waals surface area contributed by atoms with Crippen LogP contribution in [0.5, 0.6) is 0 Å². The molecule has 0 radical (unpaired) electrons. The summed E-state index contributed by atoms with van der Waals surface area (Å²) in [5.74, 6) is 0.553. The number of methoxy groups -OCH3 is 1. The third-order valence-corrected chi connectivity index (χ3v) is 11.5. The number of carbonyl (C=O) groups excluding carboxylic acids is 2. The number of hydrogen-bond acceptors (Lipinski definition) is 6. The van der Waals surface area contributed by atoms with Crippen LogP contribution in [-0.2, 0) is 16.0 Å². The van der Waals surface area contributed by atoms with Gasteiger partial charge in [0.05, 0.1) is 23.7 Å². The molecule has 0 unspecified atom stereocenters. The summed E-state index contributed by atoms with van der Waals surface area (Å²) < 4.78 is 7.03. The molecule has 7 nitrogen and oxygen atoms in total. The molecular formula is C32H40N2O5S. The minimum atomic E-state index is -1.48. The SMILES string of the molecule is COCCCC(=O)c1cccc(-n2ncc3c2C=C2CC[C@@H]4[C@H]([C@@H](O)C[C@@]5(C)[C@H]4CC[C@]5(O)C(=O)S)[C@@]2(C)C3)c1. The van der Waals surface area contributed by atoms with Crippen LogP contribution in [0, 0.1) is 28.6 Å². The van der Waals surface area contributed by atoms with Crippen molar-refractivity contribution in [1.29, 1.82) is 0 Å². The van der Waals surface area contributed by atoms with Crippen LogP contribution in [0.2, 0.25) is 0 Å². The van der Waals surface area contributed by atoms with E-state index in [0.717, 1.165) is 42.6 Å². The van der Waals surface area contributed by atoms with Gasteiger partial charge in [0.2, 0.25) is 5.12 Å². The maximum absolute atomic E-state index is 12.7. The van der Waals surface area contributed by atoms with Gasteiger partial charge < -0.3 is 14.9 Å². The minimum Gasteiger partial charge on any atom is -0.393 e. The fourth-order valence-corrected chi connectivity index (χ4v) is 9.45. The van der Waals surface area contributed by atoms with Crippen molar-refractivity contribution in [3.05, 3.63) is 52.9 Å². The Balaban J connectivity index is 1.30. The molecule has 4 aliphatic carbocycles. The highest BCUT2D eigenvalue weighted by Crippen LogP contribution is 2.67. The molecule has 8 heteroatoms. The summed E-state index contributed by atoms with van der Waals surface area (Å²) in [5, 5.41) is 27.4. The van der Waals surface area contributed by atoms with Gasteiger partial charge in [-0.25, -0.2) is 4.68 Å². The Kier molecular flexibility index (Phi) is 6.92. The van der Waals surface area contributed by atoms with Crippen molar-refractivity contribution in [1.82, 2.24) is 9.78 Å². The molecule has 2 N–H and O–H groups in total. The molecule has 0 amide bonds. The van der Waals surface area contributed by atoms with E-state index in [2.05, 4.69) is 25.6 Å². The second-order valence-corrected chi connectivity index (χ2v) is 13.4. The van der Waals surface area contributed by atoms with Gasteiger partial charge in [0.25, 0.3) is 0 Å². The van der Waals surface area contributed by atoms with Crippen molar-refractivity contribution in [3.63, 3.8) is 0 Å². The number of benzene rings is 1. The molecule has 6 rings (SSSR count). The largest absolute Gasteiger partial charge is 0.393 e. The molecule has 0 bridgehead atoms. The number of ether oxygens (including phenoxy) is 1. The quantitative estimate of drug-likeness (QED) is 0.253. The van der Waals surface area contributed by atoms with Crippen molar-refractivity contribution in [2.45, 2.75) is 76.9 Å². The molecular weight excluding hydrogens is 524 g/mol. The maximum atomic E-state index is 12.7. The lowest BCUT2D eigenvalue weighted by atomic mass is 9.45. The molecule has 3 saturated carbocycles. The van der Waals surface area contributed by atoms with Crippen LogP contribution in [-0.4, -0.2) is 56.3 Å². The van der Waals surface area contributed by atoms with E-state index in [1.165, 1.54) is 5.57 Å². The van der Waals surface area contributed by atoms with Gasteiger partial charge in [0.15, 0.2) is 5.78 Å². The number of nitrogens with zero attached hydrogens (tertiary/aromatic N) is 2. The van der Waals surface area contributed by atoms with Crippen LogP contribution < -0.4 is 0 Å². The average Bonchev–Trinajstić information content (AvgIpc) is 3.44. The Morgan fingerprint density at radius 1 is 1.25 bits per heavy atom. The van der Waals surface area contributed by atoms with E-state index in [1.54, 1.807) is 7.11 Å². The molecule has 1 aromatic carbocycles. The van der Waals surface area contributed by atoms with Crippen LogP contribution in [0.1, 0.15) is 80.4 Å². The highest BCUT2D eigenvalue weighted by atomic mass is 32.1. The van der Waals surface area contributed by atoms with Gasteiger partial charge in [-0.15, -0.1) is 12.6 Å². The third-order valence-electron chi connectivity index (χ3n) is 11.1. The van der Waals surface area contributed by atoms with Crippen molar-refractivity contribution in [2.24, 2.45) is 28.6 Å². The molecule has 7 atom stereocenters. The summed E-state index contributed by atoms with van der Waals surface area (Å²) in [5.41, 5.74) is 2.68. The number of aromatic nitrogens is 2. The maximum Gasteiger partial charge on any atom is 0.218 e. The van der Waals surface area contributed by atoms with Crippen LogP contribution in [0.25, 0.3) is 11.8 Å². The molecule has 0 aliphatic heterocycles. The number of thiol groups is 1. The minimum absolute atomic E-state index is 0.0486. The highest BCUT2D eigenvalue weighted by Gasteiger charge is 2.68. The van der Waals surface area contributed by atoms with Crippen molar-refractivity contribution < 1.29 is 24.5 Å². The molecule has 1 aromatic heterocycles. The Morgan fingerprint density at radius 2 is 2.05 bits per heavy atom. The number of allylic oxidation sites excluding steroid dienone is 1. The van der Waals surface area contributed by atoms with Gasteiger partial charge in [-0.1, -0.05) is 31.6 Å². The number of Topliss-reactive ketones (excluding diaryl/α,β-unsaturated/α-hetero) is 1. The summed E-state index contributed by atoms with van der Waals surface area (Å²) in [6.45, 7) is 4.84. The Labute approximate surface area is 241 Å². The predicted octanol–water partition coefficient (Wildman–Crippen LogP) is 4.82. The van der Waals surface area contributed by atoms with E-state index in [9.17, 15) is 19.8 Å². The smallest absolute Gasteiger partial charge is 0.218 e. The number of rotatable bonds is 7. The van der Waals surface area contributed by atoms with Gasteiger partial charge in [-0.3, -0.25) is 9.59 Å². The zero-order valence-corrected chi connectivity index (χ0v) is 24.5. The zero-order valence-electron chi connectivity index (χ0n) is 23.6. The first-order chi connectivity index (χ1) is 19.0. The molecule has 40 heavy (non-hydrogen) atoms. The van der Waals surface area contributed by atoms with Gasteiger partial charge in [-0.05, 0) is 91.9 Å². The van der Waals surface area contributed by atoms with E-state index in [1.807, 2.05) is 42.1 Å². The fraction of sp³-hybridized carbons (Fsp3) is 0.594. The topological polar surface area (TPSA) is 102 Å². The lowest BCUT2D eigenvalue weighted by molar-refractivity contribution is -0.173. The van der Waals surface area contributed by atoms with E-state index in [4.69, 9.17) is 9.84 Å². The van der Waals surface area contributed by atoms with E-state index in [0.29, 0.717) is 37.9 Å². The van der Waals surface area contributed by atoms with Crippen LogP contribution in [0.15, 0.2) is 36.0 Å². The molecule has 0 saturated heterocycles. The molecule has 4 aliphatic rings. The van der Waals surface area contributed by atoms with Crippen LogP contribution >= 0.6 is 12.6 Å². The monoisotopic (exact) mass is 564 g/mol. The van der Waals surface area contributed by atoms with E-state index in [-0.39, 0.29) is 29.0 Å². The number of hydrogen-bond donors (Lipinski definition) is 3. The second-order valence-electron chi connectivity index (χ2n) is 13.0. The van der Waals surface area contributed by atoms with E-state index < -0.39 is 22.2 Å². The van der Waals surface area contributed by atoms with Crippen molar-refractivity contribution >= 4 is 29.6 Å². The second kappa shape index (κ2) is 9.93. The first-order valence-corrected chi connectivity index (χ1v) is 15.0. The van der Waals surface area contributed by atoms with Gasteiger partial charge in [0, 0.05) is 31.1 Å². The van der Waals surface area contributed by atoms with E-state index >= 15 is 0 Å². The average molecular weight is 565 g/mol. The van der Waals surface area contributed by atoms with Crippen molar-refractivity contribution in [3.8, 4) is 5.69 Å². The molecule has 1 heterocycles. The van der Waals surface area contributed by atoms with Gasteiger partial charge >= 0.3 is 0 Å². The molecule has 2 aromatic rings. The number of fused-ring (bicyclic) bond motifs is 6. The number of ketones is 1. The summed E-state index contributed by atoms with van der Waals surface area (Å²) in [6, 6.07) is 7.67. The normalized spacial score (nSPS) is 36.2. The predicted molar refractivity (Wildman–Crippen MR) is 155 cm³/mol. The molecule has 214 valence electrons. The van der Waals surface area contributed by atoms with Crippen LogP contribution in [0.3, 0.4) is 0 Å². The first kappa shape index (κ1) is 27.9. The number of aliphatic hydroxyl groups is 2. The summed E-state index contributed by atoms with van der Waals surface area (Å²) in [4.78, 5) is 25.2.